The number of anilines is 1. The SMILES string of the molecule is CNCC(C(=O)N1CCN(c2ncnc3c2[C@H](C)C[C@H]3O)CC1)c1ccc(F)cc1. The second-order valence-corrected chi connectivity index (χ2v) is 8.12. The number of aromatic nitrogens is 2. The Balaban J connectivity index is 1.47. The average Bonchev–Trinajstić information content (AvgIpc) is 3.06. The molecule has 160 valence electrons. The lowest BCUT2D eigenvalue weighted by molar-refractivity contribution is -0.133. The Morgan fingerprint density at radius 3 is 2.60 bits per heavy atom. The van der Waals surface area contributed by atoms with Crippen LogP contribution in [0.25, 0.3) is 0 Å². The first kappa shape index (κ1) is 20.7. The van der Waals surface area contributed by atoms with Gasteiger partial charge in [-0.25, -0.2) is 14.4 Å². The van der Waals surface area contributed by atoms with Crippen LogP contribution < -0.4 is 10.2 Å². The Bertz CT molecular complexity index is 899. The number of nitrogens with one attached hydrogen (secondary N) is 1. The highest BCUT2D eigenvalue weighted by Gasteiger charge is 2.34. The van der Waals surface area contributed by atoms with Crippen LogP contribution in [0, 0.1) is 5.82 Å². The van der Waals surface area contributed by atoms with E-state index in [1.807, 2.05) is 11.9 Å². The fourth-order valence-electron chi connectivity index (χ4n) is 4.56. The minimum Gasteiger partial charge on any atom is -0.387 e. The summed E-state index contributed by atoms with van der Waals surface area (Å²) in [6, 6.07) is 6.16. The van der Waals surface area contributed by atoms with E-state index in [9.17, 15) is 14.3 Å². The Hall–Kier alpha value is -2.58. The van der Waals surface area contributed by atoms with Crippen LogP contribution in [0.4, 0.5) is 10.2 Å². The summed E-state index contributed by atoms with van der Waals surface area (Å²) in [5.41, 5.74) is 2.58. The van der Waals surface area contributed by atoms with Gasteiger partial charge in [-0.2, -0.15) is 0 Å². The van der Waals surface area contributed by atoms with Gasteiger partial charge in [-0.1, -0.05) is 19.1 Å². The van der Waals surface area contributed by atoms with Gasteiger partial charge in [0.1, 0.15) is 18.0 Å². The molecule has 7 nitrogen and oxygen atoms in total. The number of halogens is 1. The molecule has 30 heavy (non-hydrogen) atoms. The summed E-state index contributed by atoms with van der Waals surface area (Å²) in [7, 11) is 1.81. The molecule has 1 aliphatic carbocycles. The maximum absolute atomic E-state index is 13.3. The molecule has 8 heteroatoms. The lowest BCUT2D eigenvalue weighted by Gasteiger charge is -2.38. The first-order valence-electron chi connectivity index (χ1n) is 10.5. The molecule has 1 fully saturated rings. The van der Waals surface area contributed by atoms with Gasteiger partial charge in [0.15, 0.2) is 0 Å². The molecule has 2 aliphatic rings. The molecule has 2 N–H and O–H groups in total. The van der Waals surface area contributed by atoms with Gasteiger partial charge in [0.2, 0.25) is 5.91 Å². The van der Waals surface area contributed by atoms with Crippen LogP contribution in [-0.2, 0) is 4.79 Å². The smallest absolute Gasteiger partial charge is 0.231 e. The molecule has 2 heterocycles. The summed E-state index contributed by atoms with van der Waals surface area (Å²) >= 11 is 0. The number of carbonyl (C=O) groups is 1. The fourth-order valence-corrected chi connectivity index (χ4v) is 4.56. The van der Waals surface area contributed by atoms with Crippen molar-refractivity contribution in [3.63, 3.8) is 0 Å². The monoisotopic (exact) mass is 413 g/mol. The van der Waals surface area contributed by atoms with Crippen molar-refractivity contribution in [3.8, 4) is 0 Å². The molecule has 1 saturated heterocycles. The Kier molecular flexibility index (Phi) is 5.97. The predicted molar refractivity (Wildman–Crippen MR) is 112 cm³/mol. The number of amides is 1. The summed E-state index contributed by atoms with van der Waals surface area (Å²) in [6.45, 7) is 5.12. The third-order valence-corrected chi connectivity index (χ3v) is 6.15. The molecule has 0 radical (unpaired) electrons. The molecule has 0 spiro atoms. The normalized spacial score (nSPS) is 22.1. The van der Waals surface area contributed by atoms with Crippen LogP contribution in [0.2, 0.25) is 0 Å². The van der Waals surface area contributed by atoms with Crippen molar-refractivity contribution < 1.29 is 14.3 Å². The molecule has 3 atom stereocenters. The number of carbonyl (C=O) groups excluding carboxylic acids is 1. The van der Waals surface area contributed by atoms with Crippen molar-refractivity contribution in [3.05, 3.63) is 53.2 Å². The number of piperazine rings is 1. The highest BCUT2D eigenvalue weighted by atomic mass is 19.1. The number of rotatable bonds is 5. The second kappa shape index (κ2) is 8.65. The van der Waals surface area contributed by atoms with Crippen LogP contribution in [0.5, 0.6) is 0 Å². The number of nitrogens with zero attached hydrogens (tertiary/aromatic N) is 4. The molecular formula is C22H28FN5O2. The van der Waals surface area contributed by atoms with Gasteiger partial charge >= 0.3 is 0 Å². The quantitative estimate of drug-likeness (QED) is 0.778. The molecule has 0 saturated carbocycles. The molecular weight excluding hydrogens is 385 g/mol. The van der Waals surface area contributed by atoms with E-state index in [1.54, 1.807) is 12.1 Å². The van der Waals surface area contributed by atoms with Crippen LogP contribution in [0.3, 0.4) is 0 Å². The molecule has 1 unspecified atom stereocenters. The molecule has 1 aliphatic heterocycles. The van der Waals surface area contributed by atoms with E-state index in [2.05, 4.69) is 27.1 Å². The highest BCUT2D eigenvalue weighted by molar-refractivity contribution is 5.84. The van der Waals surface area contributed by atoms with Crippen molar-refractivity contribution in [1.29, 1.82) is 0 Å². The lowest BCUT2D eigenvalue weighted by Crippen LogP contribution is -2.51. The number of aliphatic hydroxyl groups is 1. The first-order chi connectivity index (χ1) is 14.5. The van der Waals surface area contributed by atoms with Gasteiger partial charge in [-0.05, 0) is 37.1 Å². The van der Waals surface area contributed by atoms with Crippen molar-refractivity contribution >= 4 is 11.7 Å². The van der Waals surface area contributed by atoms with Crippen LogP contribution in [0.15, 0.2) is 30.6 Å². The van der Waals surface area contributed by atoms with E-state index in [-0.39, 0.29) is 23.6 Å². The maximum Gasteiger partial charge on any atom is 0.231 e. The van der Waals surface area contributed by atoms with Crippen LogP contribution in [-0.4, -0.2) is 65.7 Å². The number of hydrogen-bond donors (Lipinski definition) is 2. The summed E-state index contributed by atoms with van der Waals surface area (Å²) in [6.07, 6.45) is 1.66. The van der Waals surface area contributed by atoms with E-state index in [4.69, 9.17) is 0 Å². The summed E-state index contributed by atoms with van der Waals surface area (Å²) in [5.74, 6) is 0.485. The Labute approximate surface area is 175 Å². The maximum atomic E-state index is 13.3. The molecule has 4 rings (SSSR count). The Morgan fingerprint density at radius 1 is 1.23 bits per heavy atom. The number of likely N-dealkylation sites (N-methyl/N-ethyl adjacent to an activating group) is 1. The summed E-state index contributed by atoms with van der Waals surface area (Å²) in [5, 5.41) is 13.3. The molecule has 0 bridgehead atoms. The summed E-state index contributed by atoms with van der Waals surface area (Å²) < 4.78 is 13.3. The van der Waals surface area contributed by atoms with Crippen LogP contribution in [0.1, 0.15) is 48.1 Å². The topological polar surface area (TPSA) is 81.6 Å². The number of aliphatic hydroxyl groups excluding tert-OH is 1. The predicted octanol–water partition coefficient (Wildman–Crippen LogP) is 1.81. The molecule has 1 aromatic carbocycles. The minimum absolute atomic E-state index is 0.0484. The highest BCUT2D eigenvalue weighted by Crippen LogP contribution is 2.42. The van der Waals surface area contributed by atoms with E-state index >= 15 is 0 Å². The third-order valence-electron chi connectivity index (χ3n) is 6.15. The largest absolute Gasteiger partial charge is 0.387 e. The third kappa shape index (κ3) is 3.89. The van der Waals surface area contributed by atoms with E-state index in [0.717, 1.165) is 22.6 Å². The molecule has 2 aromatic rings. The van der Waals surface area contributed by atoms with Crippen molar-refractivity contribution in [2.75, 3.05) is 44.7 Å². The summed E-state index contributed by atoms with van der Waals surface area (Å²) in [4.78, 5) is 26.1. The zero-order valence-corrected chi connectivity index (χ0v) is 17.4. The zero-order valence-electron chi connectivity index (χ0n) is 17.4. The van der Waals surface area contributed by atoms with Crippen molar-refractivity contribution in [2.24, 2.45) is 0 Å². The van der Waals surface area contributed by atoms with E-state index in [0.29, 0.717) is 39.1 Å². The average molecular weight is 413 g/mol. The van der Waals surface area contributed by atoms with Gasteiger partial charge in [0.25, 0.3) is 0 Å². The standard InChI is InChI=1S/C22H28FN5O2/c1-14-11-18(29)20-19(14)21(26-13-25-20)27-7-9-28(10-8-27)22(30)17(12-24-2)15-3-5-16(23)6-4-15/h3-6,13-14,17-18,24,29H,7-12H2,1-2H3/t14-,17?,18-/m1/s1. The number of benzene rings is 1. The second-order valence-electron chi connectivity index (χ2n) is 8.12. The first-order valence-corrected chi connectivity index (χ1v) is 10.5. The van der Waals surface area contributed by atoms with Gasteiger partial charge in [0, 0.05) is 38.3 Å². The minimum atomic E-state index is -0.530. The fraction of sp³-hybridized carbons (Fsp3) is 0.500. The van der Waals surface area contributed by atoms with Crippen molar-refractivity contribution in [1.82, 2.24) is 20.2 Å². The van der Waals surface area contributed by atoms with Gasteiger partial charge < -0.3 is 20.2 Å². The lowest BCUT2D eigenvalue weighted by atomic mass is 9.97. The van der Waals surface area contributed by atoms with Gasteiger partial charge in [-0.3, -0.25) is 4.79 Å². The van der Waals surface area contributed by atoms with Gasteiger partial charge in [-0.15, -0.1) is 0 Å². The zero-order chi connectivity index (χ0) is 21.3. The van der Waals surface area contributed by atoms with Gasteiger partial charge in [0.05, 0.1) is 17.7 Å². The number of hydrogen-bond acceptors (Lipinski definition) is 6. The van der Waals surface area contributed by atoms with E-state index in [1.165, 1.54) is 18.5 Å². The van der Waals surface area contributed by atoms with E-state index < -0.39 is 6.10 Å². The Morgan fingerprint density at radius 2 is 1.93 bits per heavy atom. The molecule has 1 aromatic heterocycles. The number of fused-ring (bicyclic) bond motifs is 1. The van der Waals surface area contributed by atoms with Crippen LogP contribution >= 0.6 is 0 Å². The van der Waals surface area contributed by atoms with Crippen molar-refractivity contribution in [2.45, 2.75) is 31.3 Å². The molecule has 1 amide bonds.